The van der Waals surface area contributed by atoms with E-state index in [4.69, 9.17) is 21.1 Å². The van der Waals surface area contributed by atoms with Crippen molar-refractivity contribution in [2.45, 2.75) is 6.92 Å². The van der Waals surface area contributed by atoms with Crippen LogP contribution in [0.15, 0.2) is 41.2 Å². The average Bonchev–Trinajstić information content (AvgIpc) is 3.01. The predicted octanol–water partition coefficient (Wildman–Crippen LogP) is 3.57. The van der Waals surface area contributed by atoms with Gasteiger partial charge in [-0.25, -0.2) is 4.79 Å². The highest BCUT2D eigenvalue weighted by molar-refractivity contribution is 6.32. The third-order valence-corrected chi connectivity index (χ3v) is 4.03. The first-order valence-electron chi connectivity index (χ1n) is 8.21. The number of nitrogens with one attached hydrogen (secondary N) is 3. The maximum absolute atomic E-state index is 12.2. The molecule has 27 heavy (non-hydrogen) atoms. The van der Waals surface area contributed by atoms with Crippen molar-refractivity contribution in [1.82, 2.24) is 9.97 Å². The molecule has 0 saturated carbocycles. The number of aromatic nitrogens is 2. The average molecular weight is 388 g/mol. The Morgan fingerprint density at radius 3 is 2.74 bits per heavy atom. The molecular formula is C19H18ClN3O4. The number of hydrogen-bond acceptors (Lipinski definition) is 4. The number of halogens is 1. The number of rotatable bonds is 6. The summed E-state index contributed by atoms with van der Waals surface area (Å²) in [5, 5.41) is 3.14. The van der Waals surface area contributed by atoms with E-state index >= 15 is 0 Å². The van der Waals surface area contributed by atoms with E-state index in [9.17, 15) is 9.59 Å². The third kappa shape index (κ3) is 4.32. The maximum atomic E-state index is 12.2. The summed E-state index contributed by atoms with van der Waals surface area (Å²) in [5.74, 6) is 0.638. The van der Waals surface area contributed by atoms with Gasteiger partial charge in [0.05, 0.1) is 29.8 Å². The zero-order valence-corrected chi connectivity index (χ0v) is 15.5. The topological polar surface area (TPSA) is 96.2 Å². The summed E-state index contributed by atoms with van der Waals surface area (Å²) in [7, 11) is 1.52. The number of carbonyl (C=O) groups excluding carboxylic acids is 1. The Morgan fingerprint density at radius 2 is 2.00 bits per heavy atom. The van der Waals surface area contributed by atoms with Crippen LogP contribution >= 0.6 is 11.6 Å². The molecule has 3 N–H and O–H groups in total. The Morgan fingerprint density at radius 1 is 1.22 bits per heavy atom. The number of ether oxygens (including phenoxy) is 2. The van der Waals surface area contributed by atoms with E-state index < -0.39 is 0 Å². The van der Waals surface area contributed by atoms with E-state index in [1.807, 2.05) is 6.92 Å². The molecule has 140 valence electrons. The molecule has 0 spiro atoms. The zero-order chi connectivity index (χ0) is 19.4. The minimum absolute atomic E-state index is 0.297. The van der Waals surface area contributed by atoms with E-state index in [1.165, 1.54) is 13.2 Å². The first-order chi connectivity index (χ1) is 13.0. The third-order valence-electron chi connectivity index (χ3n) is 3.75. The highest BCUT2D eigenvalue weighted by atomic mass is 35.5. The molecule has 0 bridgehead atoms. The second-order valence-corrected chi connectivity index (χ2v) is 6.04. The van der Waals surface area contributed by atoms with Crippen molar-refractivity contribution in [3.05, 3.63) is 57.5 Å². The quantitative estimate of drug-likeness (QED) is 0.563. The lowest BCUT2D eigenvalue weighted by Crippen LogP contribution is -2.07. The first-order valence-corrected chi connectivity index (χ1v) is 8.59. The number of fused-ring (bicyclic) bond motifs is 1. The summed E-state index contributed by atoms with van der Waals surface area (Å²) in [4.78, 5) is 28.7. The fourth-order valence-corrected chi connectivity index (χ4v) is 2.86. The van der Waals surface area contributed by atoms with Gasteiger partial charge in [-0.15, -0.1) is 0 Å². The number of H-pyrrole nitrogens is 2. The summed E-state index contributed by atoms with van der Waals surface area (Å²) in [6, 6.07) is 8.51. The molecular weight excluding hydrogens is 370 g/mol. The van der Waals surface area contributed by atoms with Gasteiger partial charge in [0.2, 0.25) is 5.91 Å². The summed E-state index contributed by atoms with van der Waals surface area (Å²) in [6.07, 6.45) is 3.01. The van der Waals surface area contributed by atoms with E-state index in [1.54, 1.807) is 36.4 Å². The van der Waals surface area contributed by atoms with Gasteiger partial charge >= 0.3 is 5.69 Å². The molecule has 7 nitrogen and oxygen atoms in total. The smallest absolute Gasteiger partial charge is 0.323 e. The minimum Gasteiger partial charge on any atom is -0.493 e. The minimum atomic E-state index is -0.323. The monoisotopic (exact) mass is 387 g/mol. The van der Waals surface area contributed by atoms with Crippen LogP contribution in [0.3, 0.4) is 0 Å². The second kappa shape index (κ2) is 8.01. The molecule has 0 aliphatic heterocycles. The molecule has 0 atom stereocenters. The van der Waals surface area contributed by atoms with Crippen LogP contribution in [0.2, 0.25) is 5.02 Å². The van der Waals surface area contributed by atoms with Crippen LogP contribution in [0.1, 0.15) is 12.5 Å². The highest BCUT2D eigenvalue weighted by Crippen LogP contribution is 2.36. The largest absolute Gasteiger partial charge is 0.493 e. The summed E-state index contributed by atoms with van der Waals surface area (Å²) >= 11 is 6.22. The van der Waals surface area contributed by atoms with Gasteiger partial charge in [-0.05, 0) is 48.9 Å². The Kier molecular flexibility index (Phi) is 5.52. The number of anilines is 1. The van der Waals surface area contributed by atoms with Crippen LogP contribution in [0.25, 0.3) is 17.1 Å². The molecule has 1 amide bonds. The van der Waals surface area contributed by atoms with Gasteiger partial charge in [0.1, 0.15) is 0 Å². The van der Waals surface area contributed by atoms with Crippen molar-refractivity contribution in [2.24, 2.45) is 0 Å². The Balaban J connectivity index is 1.75. The molecule has 1 aromatic heterocycles. The number of imidazole rings is 1. The van der Waals surface area contributed by atoms with Crippen molar-refractivity contribution in [3.8, 4) is 11.5 Å². The van der Waals surface area contributed by atoms with E-state index in [-0.39, 0.29) is 11.6 Å². The first kappa shape index (κ1) is 18.6. The van der Waals surface area contributed by atoms with Crippen molar-refractivity contribution >= 4 is 40.3 Å². The van der Waals surface area contributed by atoms with Gasteiger partial charge in [-0.1, -0.05) is 11.6 Å². The molecule has 1 heterocycles. The van der Waals surface area contributed by atoms with Crippen LogP contribution in [0.5, 0.6) is 11.5 Å². The standard InChI is InChI=1S/C19H18ClN3O4/c1-3-27-18-13(20)8-11(9-16(18)26-2)4-7-17(24)21-12-5-6-14-15(10-12)23-19(25)22-14/h4-10H,3H2,1-2H3,(H,21,24)(H2,22,23,25)/b7-4+. The zero-order valence-electron chi connectivity index (χ0n) is 14.8. The van der Waals surface area contributed by atoms with Gasteiger partial charge in [0, 0.05) is 11.8 Å². The van der Waals surface area contributed by atoms with Crippen molar-refractivity contribution < 1.29 is 14.3 Å². The van der Waals surface area contributed by atoms with Crippen molar-refractivity contribution in [2.75, 3.05) is 19.0 Å². The van der Waals surface area contributed by atoms with Crippen LogP contribution < -0.4 is 20.5 Å². The molecule has 0 unspecified atom stereocenters. The Hall–Kier alpha value is -3.19. The van der Waals surface area contributed by atoms with Crippen LogP contribution in [0.4, 0.5) is 5.69 Å². The van der Waals surface area contributed by atoms with Gasteiger partial charge in [0.15, 0.2) is 11.5 Å². The SMILES string of the molecule is CCOc1c(Cl)cc(/C=C/C(=O)Nc2ccc3[nH]c(=O)[nH]c3c2)cc1OC. The fourth-order valence-electron chi connectivity index (χ4n) is 2.59. The second-order valence-electron chi connectivity index (χ2n) is 5.63. The predicted molar refractivity (Wildman–Crippen MR) is 106 cm³/mol. The lowest BCUT2D eigenvalue weighted by Gasteiger charge is -2.11. The highest BCUT2D eigenvalue weighted by Gasteiger charge is 2.11. The van der Waals surface area contributed by atoms with Crippen LogP contribution in [0, 0.1) is 0 Å². The number of amides is 1. The molecule has 8 heteroatoms. The Bertz CT molecular complexity index is 1070. The van der Waals surface area contributed by atoms with Crippen molar-refractivity contribution in [1.29, 1.82) is 0 Å². The molecule has 0 radical (unpaired) electrons. The number of carbonyl (C=O) groups is 1. The molecule has 0 fully saturated rings. The van der Waals surface area contributed by atoms with E-state index in [2.05, 4.69) is 15.3 Å². The lowest BCUT2D eigenvalue weighted by atomic mass is 10.2. The molecule has 2 aromatic carbocycles. The van der Waals surface area contributed by atoms with Gasteiger partial charge in [-0.2, -0.15) is 0 Å². The number of hydrogen-bond donors (Lipinski definition) is 3. The van der Waals surface area contributed by atoms with Gasteiger partial charge < -0.3 is 24.8 Å². The van der Waals surface area contributed by atoms with Crippen LogP contribution in [-0.4, -0.2) is 29.6 Å². The van der Waals surface area contributed by atoms with Gasteiger partial charge in [0.25, 0.3) is 0 Å². The molecule has 0 aliphatic rings. The molecule has 3 rings (SSSR count). The van der Waals surface area contributed by atoms with Gasteiger partial charge in [-0.3, -0.25) is 4.79 Å². The van der Waals surface area contributed by atoms with E-state index in [0.717, 1.165) is 0 Å². The molecule has 0 saturated heterocycles. The lowest BCUT2D eigenvalue weighted by molar-refractivity contribution is -0.111. The fraction of sp³-hybridized carbons (Fsp3) is 0.158. The van der Waals surface area contributed by atoms with E-state index in [0.29, 0.717) is 45.4 Å². The molecule has 3 aromatic rings. The van der Waals surface area contributed by atoms with Crippen molar-refractivity contribution in [3.63, 3.8) is 0 Å². The summed E-state index contributed by atoms with van der Waals surface area (Å²) < 4.78 is 10.8. The number of benzene rings is 2. The summed E-state index contributed by atoms with van der Waals surface area (Å²) in [6.45, 7) is 2.32. The summed E-state index contributed by atoms with van der Waals surface area (Å²) in [5.41, 5.74) is 2.25. The molecule has 0 aliphatic carbocycles. The maximum Gasteiger partial charge on any atom is 0.323 e. The number of methoxy groups -OCH3 is 1. The normalized spacial score (nSPS) is 11.1. The number of aromatic amines is 2. The van der Waals surface area contributed by atoms with Crippen LogP contribution in [-0.2, 0) is 4.79 Å². The Labute approximate surface area is 160 Å².